The number of nitrogens with zero attached hydrogens (tertiary/aromatic N) is 5. The lowest BCUT2D eigenvalue weighted by atomic mass is 10.2. The molecule has 0 unspecified atom stereocenters. The largest absolute Gasteiger partial charge is 0.384 e. The molecule has 3 rings (SSSR count). The highest BCUT2D eigenvalue weighted by molar-refractivity contribution is 5.88. The molecule has 3 heterocycles. The van der Waals surface area contributed by atoms with Gasteiger partial charge in [-0.3, -0.25) is 0 Å². The fraction of sp³-hybridized carbons (Fsp3) is 0.462. The van der Waals surface area contributed by atoms with Gasteiger partial charge in [0.25, 0.3) is 0 Å². The second-order valence-electron chi connectivity index (χ2n) is 4.68. The molecular formula is C13H16N6O. The van der Waals surface area contributed by atoms with Crippen LogP contribution in [0.25, 0.3) is 11.2 Å². The summed E-state index contributed by atoms with van der Waals surface area (Å²) in [7, 11) is 0. The van der Waals surface area contributed by atoms with Crippen molar-refractivity contribution in [2.24, 2.45) is 0 Å². The van der Waals surface area contributed by atoms with E-state index in [9.17, 15) is 0 Å². The average molecular weight is 272 g/mol. The van der Waals surface area contributed by atoms with E-state index in [4.69, 9.17) is 15.7 Å². The van der Waals surface area contributed by atoms with Crippen molar-refractivity contribution in [3.05, 3.63) is 12.4 Å². The lowest BCUT2D eigenvalue weighted by Crippen LogP contribution is -2.36. The Labute approximate surface area is 116 Å². The number of hydrogen-bond donors (Lipinski definition) is 1. The van der Waals surface area contributed by atoms with Crippen molar-refractivity contribution in [3.8, 4) is 6.07 Å². The smallest absolute Gasteiger partial charge is 0.164 e. The van der Waals surface area contributed by atoms with Gasteiger partial charge in [0.05, 0.1) is 37.7 Å². The van der Waals surface area contributed by atoms with Crippen LogP contribution in [0.3, 0.4) is 0 Å². The Balaban J connectivity index is 2.03. The van der Waals surface area contributed by atoms with Crippen LogP contribution in [0.15, 0.2) is 12.4 Å². The highest BCUT2D eigenvalue weighted by Crippen LogP contribution is 2.27. The van der Waals surface area contributed by atoms with Crippen molar-refractivity contribution in [1.29, 1.82) is 5.26 Å². The molecule has 104 valence electrons. The van der Waals surface area contributed by atoms with E-state index in [2.05, 4.69) is 20.9 Å². The topological polar surface area (TPSA) is 93.0 Å². The van der Waals surface area contributed by atoms with Crippen LogP contribution in [0.2, 0.25) is 0 Å². The van der Waals surface area contributed by atoms with Gasteiger partial charge in [0.1, 0.15) is 11.3 Å². The molecule has 0 aliphatic carbocycles. The van der Waals surface area contributed by atoms with E-state index >= 15 is 0 Å². The maximum atomic E-state index is 8.70. The van der Waals surface area contributed by atoms with Gasteiger partial charge in [-0.25, -0.2) is 9.97 Å². The molecule has 0 spiro atoms. The minimum Gasteiger partial charge on any atom is -0.384 e. The van der Waals surface area contributed by atoms with Crippen LogP contribution in [0.1, 0.15) is 6.42 Å². The van der Waals surface area contributed by atoms with Crippen molar-refractivity contribution in [3.63, 3.8) is 0 Å². The minimum absolute atomic E-state index is 0.425. The second kappa shape index (κ2) is 5.35. The number of aryl methyl sites for hydroxylation is 1. The molecule has 7 nitrogen and oxygen atoms in total. The lowest BCUT2D eigenvalue weighted by Gasteiger charge is -2.29. The van der Waals surface area contributed by atoms with E-state index in [1.54, 1.807) is 6.33 Å². The van der Waals surface area contributed by atoms with E-state index in [1.807, 2.05) is 10.6 Å². The number of fused-ring (bicyclic) bond motifs is 1. The molecule has 0 amide bonds. The fourth-order valence-electron chi connectivity index (χ4n) is 2.42. The summed E-state index contributed by atoms with van der Waals surface area (Å²) in [5.41, 5.74) is 8.48. The van der Waals surface area contributed by atoms with Crippen molar-refractivity contribution in [2.75, 3.05) is 36.9 Å². The highest BCUT2D eigenvalue weighted by Gasteiger charge is 2.18. The Morgan fingerprint density at radius 2 is 2.20 bits per heavy atom. The summed E-state index contributed by atoms with van der Waals surface area (Å²) in [4.78, 5) is 11.0. The van der Waals surface area contributed by atoms with Crippen LogP contribution in [0.5, 0.6) is 0 Å². The summed E-state index contributed by atoms with van der Waals surface area (Å²) in [6.07, 6.45) is 2.15. The monoisotopic (exact) mass is 272 g/mol. The Hall–Kier alpha value is -2.33. The molecule has 0 radical (unpaired) electrons. The Morgan fingerprint density at radius 3 is 2.95 bits per heavy atom. The molecule has 1 saturated heterocycles. The first kappa shape index (κ1) is 12.7. The number of nitrogen functional groups attached to an aromatic ring is 1. The summed E-state index contributed by atoms with van der Waals surface area (Å²) >= 11 is 0. The second-order valence-corrected chi connectivity index (χ2v) is 4.68. The number of rotatable bonds is 3. The van der Waals surface area contributed by atoms with Crippen LogP contribution in [0.4, 0.5) is 11.5 Å². The Bertz CT molecular complexity index is 653. The molecule has 0 bridgehead atoms. The number of hydrogen-bond acceptors (Lipinski definition) is 6. The predicted octanol–water partition coefficient (Wildman–Crippen LogP) is 0.764. The van der Waals surface area contributed by atoms with E-state index in [1.165, 1.54) is 0 Å². The molecule has 1 aliphatic rings. The number of nitriles is 1. The first-order valence-electron chi connectivity index (χ1n) is 6.60. The molecule has 20 heavy (non-hydrogen) atoms. The number of morpholine rings is 1. The predicted molar refractivity (Wildman–Crippen MR) is 75.2 cm³/mol. The number of imidazole rings is 1. The van der Waals surface area contributed by atoms with Crippen LogP contribution in [-0.4, -0.2) is 40.8 Å². The van der Waals surface area contributed by atoms with E-state index < -0.39 is 0 Å². The number of pyridine rings is 1. The first-order chi connectivity index (χ1) is 9.79. The van der Waals surface area contributed by atoms with Gasteiger partial charge >= 0.3 is 0 Å². The van der Waals surface area contributed by atoms with Gasteiger partial charge in [0, 0.05) is 25.7 Å². The number of anilines is 2. The number of nitrogens with two attached hydrogens (primary N) is 1. The van der Waals surface area contributed by atoms with Gasteiger partial charge in [-0.1, -0.05) is 0 Å². The van der Waals surface area contributed by atoms with Gasteiger partial charge in [-0.05, 0) is 0 Å². The molecule has 0 aromatic carbocycles. The molecule has 1 aliphatic heterocycles. The molecule has 7 heteroatoms. The van der Waals surface area contributed by atoms with Gasteiger partial charge < -0.3 is 19.9 Å². The summed E-state index contributed by atoms with van der Waals surface area (Å²) < 4.78 is 7.25. The highest BCUT2D eigenvalue weighted by atomic mass is 16.5. The fourth-order valence-corrected chi connectivity index (χ4v) is 2.42. The quantitative estimate of drug-likeness (QED) is 0.886. The number of ether oxygens (including phenoxy) is 1. The summed E-state index contributed by atoms with van der Waals surface area (Å²) in [6.45, 7) is 3.64. The normalized spacial score (nSPS) is 15.4. The molecule has 2 N–H and O–H groups in total. The van der Waals surface area contributed by atoms with Crippen LogP contribution in [0, 0.1) is 11.3 Å². The van der Waals surface area contributed by atoms with Gasteiger partial charge in [0.2, 0.25) is 0 Å². The van der Waals surface area contributed by atoms with Crippen LogP contribution < -0.4 is 10.6 Å². The lowest BCUT2D eigenvalue weighted by molar-refractivity contribution is 0.123. The standard InChI is InChI=1S/C13H16N6O/c14-2-1-3-19-9-16-12-10(8-11(15)17-13(12)19)18-4-6-20-7-5-18/h8-9H,1,3-7H2,(H2,15,17). The van der Waals surface area contributed by atoms with E-state index in [0.29, 0.717) is 32.0 Å². The Kier molecular flexibility index (Phi) is 3.39. The zero-order chi connectivity index (χ0) is 13.9. The number of aromatic nitrogens is 3. The molecule has 0 saturated carbocycles. The van der Waals surface area contributed by atoms with E-state index in [-0.39, 0.29) is 0 Å². The maximum Gasteiger partial charge on any atom is 0.164 e. The molecular weight excluding hydrogens is 256 g/mol. The van der Waals surface area contributed by atoms with Crippen molar-refractivity contribution in [1.82, 2.24) is 14.5 Å². The molecule has 2 aromatic heterocycles. The van der Waals surface area contributed by atoms with Gasteiger partial charge in [-0.2, -0.15) is 5.26 Å². The van der Waals surface area contributed by atoms with Gasteiger partial charge in [0.15, 0.2) is 5.65 Å². The SMILES string of the molecule is N#CCCn1cnc2c(N3CCOCC3)cc(N)nc21. The third kappa shape index (κ3) is 2.26. The zero-order valence-electron chi connectivity index (χ0n) is 11.1. The van der Waals surface area contributed by atoms with Crippen LogP contribution >= 0.6 is 0 Å². The van der Waals surface area contributed by atoms with Crippen molar-refractivity contribution in [2.45, 2.75) is 13.0 Å². The molecule has 0 atom stereocenters. The first-order valence-corrected chi connectivity index (χ1v) is 6.60. The van der Waals surface area contributed by atoms with Crippen molar-refractivity contribution < 1.29 is 4.74 Å². The summed E-state index contributed by atoms with van der Waals surface area (Å²) in [5, 5.41) is 8.70. The van der Waals surface area contributed by atoms with Gasteiger partial charge in [-0.15, -0.1) is 0 Å². The molecule has 1 fully saturated rings. The summed E-state index contributed by atoms with van der Waals surface area (Å²) in [6, 6.07) is 3.99. The molecule has 2 aromatic rings. The Morgan fingerprint density at radius 1 is 1.40 bits per heavy atom. The summed E-state index contributed by atoms with van der Waals surface area (Å²) in [5.74, 6) is 0.470. The van der Waals surface area contributed by atoms with Crippen molar-refractivity contribution >= 4 is 22.7 Å². The third-order valence-corrected chi connectivity index (χ3v) is 3.39. The van der Waals surface area contributed by atoms with E-state index in [0.717, 1.165) is 29.9 Å². The average Bonchev–Trinajstić information content (AvgIpc) is 2.88. The minimum atomic E-state index is 0.425. The maximum absolute atomic E-state index is 8.70. The van der Waals surface area contributed by atoms with Crippen LogP contribution in [-0.2, 0) is 11.3 Å². The zero-order valence-corrected chi connectivity index (χ0v) is 11.1. The third-order valence-electron chi connectivity index (χ3n) is 3.39.